The summed E-state index contributed by atoms with van der Waals surface area (Å²) in [6, 6.07) is 15.3. The summed E-state index contributed by atoms with van der Waals surface area (Å²) in [5.74, 6) is 1.15. The van der Waals surface area contributed by atoms with Crippen LogP contribution in [0, 0.1) is 0 Å². The molecule has 27 heavy (non-hydrogen) atoms. The summed E-state index contributed by atoms with van der Waals surface area (Å²) >= 11 is 7.37. The molecule has 136 valence electrons. The average Bonchev–Trinajstić information content (AvgIpc) is 3.30. The van der Waals surface area contributed by atoms with Crippen LogP contribution in [0.1, 0.15) is 17.3 Å². The third-order valence-electron chi connectivity index (χ3n) is 4.36. The van der Waals surface area contributed by atoms with Crippen LogP contribution in [0.2, 0.25) is 5.02 Å². The van der Waals surface area contributed by atoms with Gasteiger partial charge in [-0.05, 0) is 37.3 Å². The lowest BCUT2D eigenvalue weighted by Gasteiger charge is -2.07. The van der Waals surface area contributed by atoms with Gasteiger partial charge in [0.1, 0.15) is 0 Å². The number of benzene rings is 2. The van der Waals surface area contributed by atoms with Crippen molar-refractivity contribution in [1.82, 2.24) is 19.7 Å². The van der Waals surface area contributed by atoms with E-state index < -0.39 is 0 Å². The lowest BCUT2D eigenvalue weighted by molar-refractivity contribution is 0.102. The molecule has 0 bridgehead atoms. The second-order valence-corrected chi connectivity index (χ2v) is 7.40. The van der Waals surface area contributed by atoms with Gasteiger partial charge < -0.3 is 9.55 Å². The van der Waals surface area contributed by atoms with Crippen LogP contribution in [0.25, 0.3) is 22.3 Å². The molecular weight excluding hydrogens is 380 g/mol. The molecule has 0 aliphatic carbocycles. The van der Waals surface area contributed by atoms with E-state index in [0.717, 1.165) is 27.4 Å². The fourth-order valence-corrected chi connectivity index (χ4v) is 4.01. The van der Waals surface area contributed by atoms with Crippen molar-refractivity contribution >= 4 is 40.0 Å². The van der Waals surface area contributed by atoms with Gasteiger partial charge in [0.15, 0.2) is 16.8 Å². The quantitative estimate of drug-likeness (QED) is 0.365. The zero-order valence-corrected chi connectivity index (χ0v) is 16.2. The summed E-state index contributed by atoms with van der Waals surface area (Å²) in [5.41, 5.74) is 2.62. The van der Waals surface area contributed by atoms with E-state index in [1.165, 1.54) is 11.8 Å². The number of aromatic amines is 1. The van der Waals surface area contributed by atoms with Gasteiger partial charge in [0.2, 0.25) is 0 Å². The van der Waals surface area contributed by atoms with Crippen LogP contribution in [-0.2, 0) is 6.54 Å². The maximum absolute atomic E-state index is 12.7. The van der Waals surface area contributed by atoms with E-state index in [0.29, 0.717) is 22.9 Å². The molecule has 4 rings (SSSR count). The van der Waals surface area contributed by atoms with Gasteiger partial charge in [-0.15, -0.1) is 10.2 Å². The highest BCUT2D eigenvalue weighted by Crippen LogP contribution is 2.26. The number of ketones is 1. The maximum Gasteiger partial charge on any atom is 0.191 e. The largest absolute Gasteiger partial charge is 0.360 e. The molecular formula is C20H17ClN4OS. The molecule has 1 N–H and O–H groups in total. The minimum Gasteiger partial charge on any atom is -0.360 e. The Bertz CT molecular complexity index is 1100. The fraction of sp³-hybridized carbons (Fsp3) is 0.150. The van der Waals surface area contributed by atoms with Crippen molar-refractivity contribution in [2.24, 2.45) is 0 Å². The SMILES string of the molecule is CCn1c(SCC(=O)c2c[nH]c3ccccc23)nnc1-c1ccc(Cl)cc1. The number of nitrogens with zero attached hydrogens (tertiary/aromatic N) is 3. The molecule has 0 spiro atoms. The van der Waals surface area contributed by atoms with Crippen molar-refractivity contribution in [1.29, 1.82) is 0 Å². The number of H-pyrrole nitrogens is 1. The van der Waals surface area contributed by atoms with Gasteiger partial charge in [-0.25, -0.2) is 0 Å². The lowest BCUT2D eigenvalue weighted by atomic mass is 10.1. The highest BCUT2D eigenvalue weighted by atomic mass is 35.5. The molecule has 2 aromatic heterocycles. The van der Waals surface area contributed by atoms with Gasteiger partial charge in [0.25, 0.3) is 0 Å². The van der Waals surface area contributed by atoms with Crippen LogP contribution < -0.4 is 0 Å². The Balaban J connectivity index is 1.54. The van der Waals surface area contributed by atoms with Crippen LogP contribution in [0.4, 0.5) is 0 Å². The fourth-order valence-electron chi connectivity index (χ4n) is 3.00. The predicted octanol–water partition coefficient (Wildman–Crippen LogP) is 5.07. The highest BCUT2D eigenvalue weighted by Gasteiger charge is 2.17. The number of hydrogen-bond acceptors (Lipinski definition) is 4. The Kier molecular flexibility index (Phi) is 5.01. The number of carbonyl (C=O) groups excluding carboxylic acids is 1. The Morgan fingerprint density at radius 3 is 2.70 bits per heavy atom. The molecule has 2 heterocycles. The Labute approximate surface area is 165 Å². The van der Waals surface area contributed by atoms with Gasteiger partial charge in [-0.2, -0.15) is 0 Å². The number of carbonyl (C=O) groups is 1. The zero-order chi connectivity index (χ0) is 18.8. The third kappa shape index (κ3) is 3.50. The van der Waals surface area contributed by atoms with Gasteiger partial charge in [-0.1, -0.05) is 41.6 Å². The predicted molar refractivity (Wildman–Crippen MR) is 109 cm³/mol. The van der Waals surface area contributed by atoms with Gasteiger partial charge in [-0.3, -0.25) is 4.79 Å². The summed E-state index contributed by atoms with van der Waals surface area (Å²) in [6.07, 6.45) is 1.78. The number of hydrogen-bond donors (Lipinski definition) is 1. The molecule has 2 aromatic carbocycles. The molecule has 0 radical (unpaired) electrons. The van der Waals surface area contributed by atoms with Gasteiger partial charge in [0, 0.05) is 39.8 Å². The van der Waals surface area contributed by atoms with Crippen LogP contribution in [0.15, 0.2) is 59.9 Å². The van der Waals surface area contributed by atoms with Crippen molar-refractivity contribution in [2.45, 2.75) is 18.6 Å². The van der Waals surface area contributed by atoms with E-state index >= 15 is 0 Å². The van der Waals surface area contributed by atoms with Gasteiger partial charge in [0.05, 0.1) is 5.75 Å². The molecule has 0 saturated carbocycles. The molecule has 0 atom stereocenters. The first-order valence-corrected chi connectivity index (χ1v) is 9.95. The molecule has 4 aromatic rings. The van der Waals surface area contributed by atoms with Crippen molar-refractivity contribution in [3.63, 3.8) is 0 Å². The highest BCUT2D eigenvalue weighted by molar-refractivity contribution is 7.99. The first-order chi connectivity index (χ1) is 13.2. The van der Waals surface area contributed by atoms with Crippen molar-refractivity contribution in [3.8, 4) is 11.4 Å². The number of para-hydroxylation sites is 1. The van der Waals surface area contributed by atoms with E-state index in [1.54, 1.807) is 6.20 Å². The van der Waals surface area contributed by atoms with E-state index in [2.05, 4.69) is 15.2 Å². The maximum atomic E-state index is 12.7. The van der Waals surface area contributed by atoms with Gasteiger partial charge >= 0.3 is 0 Å². The van der Waals surface area contributed by atoms with Crippen molar-refractivity contribution in [2.75, 3.05) is 5.75 Å². The van der Waals surface area contributed by atoms with E-state index in [9.17, 15) is 4.79 Å². The topological polar surface area (TPSA) is 63.6 Å². The molecule has 0 amide bonds. The number of nitrogens with one attached hydrogen (secondary N) is 1. The second-order valence-electron chi connectivity index (χ2n) is 6.02. The minimum atomic E-state index is 0.0659. The average molecular weight is 397 g/mol. The Hall–Kier alpha value is -2.57. The first-order valence-electron chi connectivity index (χ1n) is 8.58. The third-order valence-corrected chi connectivity index (χ3v) is 5.58. The van der Waals surface area contributed by atoms with Crippen LogP contribution in [0.3, 0.4) is 0 Å². The molecule has 0 unspecified atom stereocenters. The molecule has 5 nitrogen and oxygen atoms in total. The standard InChI is InChI=1S/C20H17ClN4OS/c1-2-25-19(13-7-9-14(21)10-8-13)23-24-20(25)27-12-18(26)16-11-22-17-6-4-3-5-15(16)17/h3-11,22H,2,12H2,1H3. The number of rotatable bonds is 6. The number of thioether (sulfide) groups is 1. The minimum absolute atomic E-state index is 0.0659. The monoisotopic (exact) mass is 396 g/mol. The summed E-state index contributed by atoms with van der Waals surface area (Å²) < 4.78 is 2.01. The normalized spacial score (nSPS) is 11.2. The van der Waals surface area contributed by atoms with Crippen molar-refractivity contribution < 1.29 is 4.79 Å². The van der Waals surface area contributed by atoms with Crippen LogP contribution >= 0.6 is 23.4 Å². The lowest BCUT2D eigenvalue weighted by Crippen LogP contribution is -2.04. The summed E-state index contributed by atoms with van der Waals surface area (Å²) in [4.78, 5) is 15.8. The van der Waals surface area contributed by atoms with Crippen LogP contribution in [-0.4, -0.2) is 31.3 Å². The first kappa shape index (κ1) is 17.8. The number of halogens is 1. The van der Waals surface area contributed by atoms with E-state index in [4.69, 9.17) is 11.6 Å². The Morgan fingerprint density at radius 1 is 1.15 bits per heavy atom. The van der Waals surface area contributed by atoms with E-state index in [1.807, 2.05) is 60.0 Å². The summed E-state index contributed by atoms with van der Waals surface area (Å²) in [7, 11) is 0. The summed E-state index contributed by atoms with van der Waals surface area (Å²) in [6.45, 7) is 2.75. The Morgan fingerprint density at radius 2 is 1.93 bits per heavy atom. The van der Waals surface area contributed by atoms with Crippen molar-refractivity contribution in [3.05, 3.63) is 65.3 Å². The summed E-state index contributed by atoms with van der Waals surface area (Å²) in [5, 5.41) is 11.0. The molecule has 7 heteroatoms. The molecule has 0 aliphatic rings. The van der Waals surface area contributed by atoms with E-state index in [-0.39, 0.29) is 5.78 Å². The number of fused-ring (bicyclic) bond motifs is 1. The molecule has 0 aliphatic heterocycles. The second kappa shape index (κ2) is 7.58. The number of Topliss-reactive ketones (excluding diaryl/α,β-unsaturated/α-hetero) is 1. The smallest absolute Gasteiger partial charge is 0.191 e. The zero-order valence-electron chi connectivity index (χ0n) is 14.6. The molecule has 0 fully saturated rings. The van der Waals surface area contributed by atoms with Crippen LogP contribution in [0.5, 0.6) is 0 Å². The molecule has 0 saturated heterocycles. The number of aromatic nitrogens is 4.